The molecule has 1 saturated heterocycles. The van der Waals surface area contributed by atoms with Gasteiger partial charge >= 0.3 is 0 Å². The molecule has 0 bridgehead atoms. The molecule has 5 rings (SSSR count). The first-order valence-electron chi connectivity index (χ1n) is 9.96. The van der Waals surface area contributed by atoms with Gasteiger partial charge in [-0.15, -0.1) is 0 Å². The molecule has 1 aliphatic heterocycles. The van der Waals surface area contributed by atoms with E-state index in [0.717, 1.165) is 64.4 Å². The van der Waals surface area contributed by atoms with Crippen LogP contribution < -0.4 is 15.5 Å². The number of pyridine rings is 3. The van der Waals surface area contributed by atoms with Crippen LogP contribution in [0.3, 0.4) is 0 Å². The van der Waals surface area contributed by atoms with Crippen molar-refractivity contribution in [3.8, 4) is 21.6 Å². The summed E-state index contributed by atoms with van der Waals surface area (Å²) in [7, 11) is 0. The lowest BCUT2D eigenvalue weighted by Crippen LogP contribution is -2.43. The number of hydrogen-bond acceptors (Lipinski definition) is 8. The Balaban J connectivity index is 1.34. The molecule has 4 aromatic heterocycles. The minimum atomic E-state index is -0.499. The van der Waals surface area contributed by atoms with Crippen LogP contribution in [0, 0.1) is 5.95 Å². The van der Waals surface area contributed by atoms with Gasteiger partial charge in [0.25, 0.3) is 0 Å². The third kappa shape index (κ3) is 4.52. The van der Waals surface area contributed by atoms with Gasteiger partial charge in [-0.3, -0.25) is 4.98 Å². The molecule has 0 amide bonds. The predicted octanol–water partition coefficient (Wildman–Crippen LogP) is 3.95. The van der Waals surface area contributed by atoms with Crippen LogP contribution in [0.25, 0.3) is 21.6 Å². The fourth-order valence-corrected chi connectivity index (χ4v) is 4.27. The third-order valence-corrected chi connectivity index (χ3v) is 6.01. The highest BCUT2D eigenvalue weighted by molar-refractivity contribution is 7.18. The Bertz CT molecular complexity index is 1170. The SMILES string of the molecule is Fc1ccc(-c2cncc(-c3cnc(Nc4cc(N5CCNCC5)ccn4)s3)c2)cn1. The summed E-state index contributed by atoms with van der Waals surface area (Å²) in [5, 5.41) is 7.43. The number of aromatic nitrogens is 4. The topological polar surface area (TPSA) is 78.9 Å². The van der Waals surface area contributed by atoms with Crippen LogP contribution in [0.4, 0.5) is 21.0 Å². The molecular formula is C22H20FN7S. The van der Waals surface area contributed by atoms with Gasteiger partial charge in [-0.05, 0) is 24.3 Å². The molecule has 0 radical (unpaired) electrons. The lowest BCUT2D eigenvalue weighted by atomic mass is 10.1. The van der Waals surface area contributed by atoms with Crippen LogP contribution in [0.2, 0.25) is 0 Å². The highest BCUT2D eigenvalue weighted by Gasteiger charge is 2.12. The van der Waals surface area contributed by atoms with Crippen LogP contribution in [0.5, 0.6) is 0 Å². The highest BCUT2D eigenvalue weighted by Crippen LogP contribution is 2.32. The fraction of sp³-hybridized carbons (Fsp3) is 0.182. The van der Waals surface area contributed by atoms with Gasteiger partial charge in [-0.2, -0.15) is 4.39 Å². The molecule has 1 aliphatic rings. The van der Waals surface area contributed by atoms with Crippen LogP contribution in [0.1, 0.15) is 0 Å². The van der Waals surface area contributed by atoms with Crippen LogP contribution in [0.15, 0.2) is 61.3 Å². The zero-order valence-corrected chi connectivity index (χ0v) is 17.4. The zero-order valence-electron chi connectivity index (χ0n) is 16.6. The van der Waals surface area contributed by atoms with E-state index in [9.17, 15) is 4.39 Å². The van der Waals surface area contributed by atoms with Crippen LogP contribution in [-0.4, -0.2) is 46.1 Å². The maximum Gasteiger partial charge on any atom is 0.212 e. The van der Waals surface area contributed by atoms with Gasteiger partial charge in [0.15, 0.2) is 5.13 Å². The summed E-state index contributed by atoms with van der Waals surface area (Å²) in [6.45, 7) is 3.94. The molecule has 0 aromatic carbocycles. The normalized spacial score (nSPS) is 13.9. The van der Waals surface area contributed by atoms with E-state index in [1.54, 1.807) is 18.5 Å². The van der Waals surface area contributed by atoms with Crippen molar-refractivity contribution in [1.29, 1.82) is 0 Å². The average Bonchev–Trinajstić information content (AvgIpc) is 3.29. The molecule has 0 unspecified atom stereocenters. The average molecular weight is 434 g/mol. The number of thiazole rings is 1. The summed E-state index contributed by atoms with van der Waals surface area (Å²) in [5.74, 6) is 0.266. The van der Waals surface area contributed by atoms with Crippen molar-refractivity contribution in [2.45, 2.75) is 0 Å². The van der Waals surface area contributed by atoms with Gasteiger partial charge < -0.3 is 15.5 Å². The Hall–Kier alpha value is -3.43. The van der Waals surface area contributed by atoms with E-state index < -0.39 is 5.95 Å². The Morgan fingerprint density at radius 2 is 1.77 bits per heavy atom. The van der Waals surface area contributed by atoms with E-state index in [1.165, 1.54) is 23.6 Å². The van der Waals surface area contributed by atoms with Crippen molar-refractivity contribution in [3.63, 3.8) is 0 Å². The van der Waals surface area contributed by atoms with Gasteiger partial charge in [0.2, 0.25) is 5.95 Å². The minimum Gasteiger partial charge on any atom is -0.369 e. The first-order valence-corrected chi connectivity index (χ1v) is 10.8. The fourth-order valence-electron chi connectivity index (χ4n) is 3.46. The second kappa shape index (κ2) is 8.75. The van der Waals surface area contributed by atoms with Gasteiger partial charge in [0.1, 0.15) is 5.82 Å². The molecular weight excluding hydrogens is 413 g/mol. The second-order valence-electron chi connectivity index (χ2n) is 7.12. The largest absolute Gasteiger partial charge is 0.369 e. The van der Waals surface area contributed by atoms with Crippen molar-refractivity contribution >= 4 is 28.0 Å². The summed E-state index contributed by atoms with van der Waals surface area (Å²) in [6, 6.07) is 9.13. The molecule has 4 aromatic rings. The Morgan fingerprint density at radius 3 is 2.61 bits per heavy atom. The molecule has 2 N–H and O–H groups in total. The number of hydrogen-bond donors (Lipinski definition) is 2. The molecule has 7 nitrogen and oxygen atoms in total. The van der Waals surface area contributed by atoms with Gasteiger partial charge in [-0.25, -0.2) is 15.0 Å². The number of halogens is 1. The minimum absolute atomic E-state index is 0.499. The van der Waals surface area contributed by atoms with Gasteiger partial charge in [-0.1, -0.05) is 11.3 Å². The van der Waals surface area contributed by atoms with E-state index in [0.29, 0.717) is 0 Å². The van der Waals surface area contributed by atoms with Crippen molar-refractivity contribution in [2.75, 3.05) is 36.4 Å². The van der Waals surface area contributed by atoms with Crippen molar-refractivity contribution in [2.24, 2.45) is 0 Å². The number of nitrogens with zero attached hydrogens (tertiary/aromatic N) is 5. The second-order valence-corrected chi connectivity index (χ2v) is 8.15. The van der Waals surface area contributed by atoms with E-state index in [-0.39, 0.29) is 0 Å². The molecule has 0 spiro atoms. The van der Waals surface area contributed by atoms with Crippen molar-refractivity contribution < 1.29 is 4.39 Å². The van der Waals surface area contributed by atoms with Crippen molar-refractivity contribution in [3.05, 3.63) is 67.3 Å². The molecule has 9 heteroatoms. The van der Waals surface area contributed by atoms with E-state index in [2.05, 4.69) is 41.5 Å². The maximum atomic E-state index is 13.1. The summed E-state index contributed by atoms with van der Waals surface area (Å²) >= 11 is 1.53. The first kappa shape index (κ1) is 19.5. The lowest BCUT2D eigenvalue weighted by molar-refractivity contribution is 0.584. The summed E-state index contributed by atoms with van der Waals surface area (Å²) in [6.07, 6.45) is 8.67. The number of nitrogens with one attached hydrogen (secondary N) is 2. The van der Waals surface area contributed by atoms with Crippen LogP contribution >= 0.6 is 11.3 Å². The van der Waals surface area contributed by atoms with Crippen LogP contribution in [-0.2, 0) is 0 Å². The van der Waals surface area contributed by atoms with E-state index in [4.69, 9.17) is 0 Å². The Morgan fingerprint density at radius 1 is 0.903 bits per heavy atom. The summed E-state index contributed by atoms with van der Waals surface area (Å²) in [4.78, 5) is 20.3. The van der Waals surface area contributed by atoms with Gasteiger partial charge in [0.05, 0.1) is 4.88 Å². The molecule has 0 aliphatic carbocycles. The molecule has 0 saturated carbocycles. The summed E-state index contributed by atoms with van der Waals surface area (Å²) in [5.41, 5.74) is 3.78. The summed E-state index contributed by atoms with van der Waals surface area (Å²) < 4.78 is 13.1. The van der Waals surface area contributed by atoms with E-state index in [1.807, 2.05) is 24.5 Å². The zero-order chi connectivity index (χ0) is 21.0. The van der Waals surface area contributed by atoms with Crippen molar-refractivity contribution in [1.82, 2.24) is 25.3 Å². The molecule has 0 atom stereocenters. The highest BCUT2D eigenvalue weighted by atomic mass is 32.1. The molecule has 1 fully saturated rings. The monoisotopic (exact) mass is 433 g/mol. The van der Waals surface area contributed by atoms with Gasteiger partial charge in [0, 0.05) is 85.6 Å². The molecule has 31 heavy (non-hydrogen) atoms. The number of rotatable bonds is 5. The number of piperazine rings is 1. The maximum absolute atomic E-state index is 13.1. The smallest absolute Gasteiger partial charge is 0.212 e. The van der Waals surface area contributed by atoms with E-state index >= 15 is 0 Å². The number of anilines is 3. The first-order chi connectivity index (χ1) is 15.2. The Kier molecular flexibility index (Phi) is 5.51. The lowest BCUT2D eigenvalue weighted by Gasteiger charge is -2.29. The quantitative estimate of drug-likeness (QED) is 0.461. The molecule has 156 valence electrons. The third-order valence-electron chi connectivity index (χ3n) is 5.05. The standard InChI is InChI=1S/C22H20FN7S/c23-20-2-1-15(13-27-20)16-9-17(12-25-11-16)19-14-28-22(31-19)29-21-10-18(3-4-26-21)30-7-5-24-6-8-30/h1-4,9-14,24H,5-8H2,(H,26,28,29). The Labute approximate surface area is 183 Å². The molecule has 5 heterocycles. The predicted molar refractivity (Wildman–Crippen MR) is 121 cm³/mol.